The van der Waals surface area contributed by atoms with Crippen molar-refractivity contribution >= 4 is 0 Å². The van der Waals surface area contributed by atoms with Crippen LogP contribution in [0.5, 0.6) is 0 Å². The van der Waals surface area contributed by atoms with E-state index in [-0.39, 0.29) is 0 Å². The second kappa shape index (κ2) is 9.93. The normalized spacial score (nSPS) is 26.6. The predicted octanol–water partition coefficient (Wildman–Crippen LogP) is 5.47. The topological polar surface area (TPSA) is 9.23 Å². The van der Waals surface area contributed by atoms with E-state index >= 15 is 0 Å². The third-order valence-corrected chi connectivity index (χ3v) is 5.47. The maximum Gasteiger partial charge on any atom is 0.183 e. The van der Waals surface area contributed by atoms with Crippen molar-refractivity contribution in [2.75, 3.05) is 27.4 Å². The minimum atomic E-state index is 0.487. The monoisotopic (exact) mass is 312 g/mol. The number of nitrogens with zero attached hydrogens (tertiary/aromatic N) is 1. The molecule has 1 rings (SSSR count). The van der Waals surface area contributed by atoms with E-state index in [1.54, 1.807) is 0 Å². The van der Waals surface area contributed by atoms with Gasteiger partial charge in [0.05, 0.1) is 26.7 Å². The standard InChI is InChI=1S/C20H42NO/c1-7-8-9-10-11-14-21(5,6)16-22-20-15-18(4)12-13-19(20)17(2)3/h17-20H,7-16H2,1-6H3/q+1/t18-,19+,20-/m1/s1. The van der Waals surface area contributed by atoms with Crippen molar-refractivity contribution in [1.29, 1.82) is 0 Å². The summed E-state index contributed by atoms with van der Waals surface area (Å²) in [5, 5.41) is 0. The lowest BCUT2D eigenvalue weighted by Crippen LogP contribution is -2.45. The van der Waals surface area contributed by atoms with Gasteiger partial charge in [-0.15, -0.1) is 0 Å². The summed E-state index contributed by atoms with van der Waals surface area (Å²) in [5.41, 5.74) is 0. The lowest BCUT2D eigenvalue weighted by Gasteiger charge is -2.39. The van der Waals surface area contributed by atoms with E-state index in [1.165, 1.54) is 57.9 Å². The number of quaternary nitrogens is 1. The molecule has 1 saturated carbocycles. The highest BCUT2D eigenvalue weighted by molar-refractivity contribution is 4.81. The van der Waals surface area contributed by atoms with Gasteiger partial charge < -0.3 is 9.22 Å². The predicted molar refractivity (Wildman–Crippen MR) is 96.8 cm³/mol. The van der Waals surface area contributed by atoms with Crippen molar-refractivity contribution in [3.05, 3.63) is 0 Å². The largest absolute Gasteiger partial charge is 0.328 e. The highest BCUT2D eigenvalue weighted by Gasteiger charge is 2.32. The molecule has 0 N–H and O–H groups in total. The van der Waals surface area contributed by atoms with E-state index in [1.807, 2.05) is 0 Å². The van der Waals surface area contributed by atoms with Crippen molar-refractivity contribution in [3.8, 4) is 0 Å². The summed E-state index contributed by atoms with van der Waals surface area (Å²) >= 11 is 0. The second-order valence-electron chi connectivity index (χ2n) is 8.73. The first kappa shape index (κ1) is 20.0. The van der Waals surface area contributed by atoms with E-state index < -0.39 is 0 Å². The zero-order valence-corrected chi connectivity index (χ0v) is 16.2. The van der Waals surface area contributed by atoms with E-state index in [4.69, 9.17) is 4.74 Å². The summed E-state index contributed by atoms with van der Waals surface area (Å²) in [4.78, 5) is 0. The second-order valence-corrected chi connectivity index (χ2v) is 8.73. The van der Waals surface area contributed by atoms with E-state index in [0.29, 0.717) is 6.10 Å². The first-order valence-corrected chi connectivity index (χ1v) is 9.79. The molecule has 0 unspecified atom stereocenters. The molecule has 0 spiro atoms. The van der Waals surface area contributed by atoms with Gasteiger partial charge in [-0.2, -0.15) is 0 Å². The van der Waals surface area contributed by atoms with Gasteiger partial charge in [0.25, 0.3) is 0 Å². The minimum Gasteiger partial charge on any atom is -0.328 e. The van der Waals surface area contributed by atoms with Crippen LogP contribution in [0.15, 0.2) is 0 Å². The molecule has 0 aromatic heterocycles. The highest BCUT2D eigenvalue weighted by atomic mass is 16.5. The summed E-state index contributed by atoms with van der Waals surface area (Å²) < 4.78 is 7.46. The molecule has 22 heavy (non-hydrogen) atoms. The van der Waals surface area contributed by atoms with Crippen LogP contribution in [0.3, 0.4) is 0 Å². The quantitative estimate of drug-likeness (QED) is 0.295. The fraction of sp³-hybridized carbons (Fsp3) is 1.00. The average molecular weight is 313 g/mol. The maximum atomic E-state index is 6.44. The Balaban J connectivity index is 2.34. The third kappa shape index (κ3) is 7.46. The van der Waals surface area contributed by atoms with Gasteiger partial charge in [-0.25, -0.2) is 0 Å². The summed E-state index contributed by atoms with van der Waals surface area (Å²) in [7, 11) is 4.66. The molecular weight excluding hydrogens is 270 g/mol. The molecule has 1 fully saturated rings. The molecule has 132 valence electrons. The zero-order valence-electron chi connectivity index (χ0n) is 16.2. The number of ether oxygens (including phenoxy) is 1. The molecule has 1 aliphatic rings. The van der Waals surface area contributed by atoms with Gasteiger partial charge in [0.2, 0.25) is 0 Å². The van der Waals surface area contributed by atoms with Crippen molar-refractivity contribution < 1.29 is 9.22 Å². The van der Waals surface area contributed by atoms with Crippen LogP contribution in [0.4, 0.5) is 0 Å². The van der Waals surface area contributed by atoms with Crippen LogP contribution in [0.1, 0.15) is 79.1 Å². The molecule has 3 atom stereocenters. The first-order chi connectivity index (χ1) is 10.4. The van der Waals surface area contributed by atoms with Gasteiger partial charge in [0.1, 0.15) is 0 Å². The Morgan fingerprint density at radius 1 is 1.05 bits per heavy atom. The van der Waals surface area contributed by atoms with Gasteiger partial charge in [0, 0.05) is 0 Å². The first-order valence-electron chi connectivity index (χ1n) is 9.79. The molecular formula is C20H42NO+. The van der Waals surface area contributed by atoms with Crippen molar-refractivity contribution in [1.82, 2.24) is 0 Å². The van der Waals surface area contributed by atoms with Crippen molar-refractivity contribution in [3.63, 3.8) is 0 Å². The molecule has 0 aromatic rings. The van der Waals surface area contributed by atoms with Crippen LogP contribution in [-0.4, -0.2) is 38.0 Å². The Morgan fingerprint density at radius 2 is 1.73 bits per heavy atom. The minimum absolute atomic E-state index is 0.487. The summed E-state index contributed by atoms with van der Waals surface area (Å²) in [6, 6.07) is 0. The summed E-state index contributed by atoms with van der Waals surface area (Å²) in [5.74, 6) is 2.35. The van der Waals surface area contributed by atoms with E-state index in [0.717, 1.165) is 29.0 Å². The Bertz CT molecular complexity index is 287. The molecule has 2 nitrogen and oxygen atoms in total. The highest BCUT2D eigenvalue weighted by Crippen LogP contribution is 2.35. The molecule has 1 aliphatic carbocycles. The van der Waals surface area contributed by atoms with E-state index in [2.05, 4.69) is 41.8 Å². The Morgan fingerprint density at radius 3 is 2.36 bits per heavy atom. The molecule has 0 heterocycles. The van der Waals surface area contributed by atoms with Gasteiger partial charge in [-0.1, -0.05) is 53.4 Å². The lowest BCUT2D eigenvalue weighted by atomic mass is 9.75. The molecule has 0 bridgehead atoms. The van der Waals surface area contributed by atoms with Gasteiger partial charge in [-0.3, -0.25) is 0 Å². The summed E-state index contributed by atoms with van der Waals surface area (Å²) in [6.07, 6.45) is 11.3. The average Bonchev–Trinajstić information content (AvgIpc) is 2.44. The number of hydrogen-bond donors (Lipinski definition) is 0. The molecule has 2 heteroatoms. The Labute approximate surface area is 140 Å². The fourth-order valence-corrected chi connectivity index (χ4v) is 3.81. The van der Waals surface area contributed by atoms with Crippen LogP contribution in [-0.2, 0) is 4.74 Å². The zero-order chi connectivity index (χ0) is 16.6. The number of hydrogen-bond acceptors (Lipinski definition) is 1. The van der Waals surface area contributed by atoms with Gasteiger partial charge in [-0.05, 0) is 43.4 Å². The van der Waals surface area contributed by atoms with Crippen LogP contribution in [0.2, 0.25) is 0 Å². The number of unbranched alkanes of at least 4 members (excludes halogenated alkanes) is 4. The Hall–Kier alpha value is -0.0800. The smallest absolute Gasteiger partial charge is 0.183 e. The molecule has 0 radical (unpaired) electrons. The van der Waals surface area contributed by atoms with Gasteiger partial charge >= 0.3 is 0 Å². The van der Waals surface area contributed by atoms with Crippen LogP contribution >= 0.6 is 0 Å². The molecule has 0 amide bonds. The van der Waals surface area contributed by atoms with Crippen molar-refractivity contribution in [2.24, 2.45) is 17.8 Å². The van der Waals surface area contributed by atoms with Crippen LogP contribution in [0.25, 0.3) is 0 Å². The van der Waals surface area contributed by atoms with Crippen LogP contribution in [0, 0.1) is 17.8 Å². The summed E-state index contributed by atoms with van der Waals surface area (Å²) in [6.45, 7) is 11.5. The van der Waals surface area contributed by atoms with Crippen molar-refractivity contribution in [2.45, 2.75) is 85.2 Å². The third-order valence-electron chi connectivity index (χ3n) is 5.47. The Kier molecular flexibility index (Phi) is 9.01. The lowest BCUT2D eigenvalue weighted by molar-refractivity contribution is -0.911. The maximum absolute atomic E-state index is 6.44. The van der Waals surface area contributed by atoms with Gasteiger partial charge in [0.15, 0.2) is 6.73 Å². The fourth-order valence-electron chi connectivity index (χ4n) is 3.81. The van der Waals surface area contributed by atoms with Crippen LogP contribution < -0.4 is 0 Å². The molecule has 0 saturated heterocycles. The SMILES string of the molecule is CCCCCCC[N+](C)(C)CO[C@@H]1C[C@H](C)CC[C@H]1C(C)C. The molecule has 0 aliphatic heterocycles. The number of rotatable bonds is 10. The molecule has 0 aromatic carbocycles. The van der Waals surface area contributed by atoms with E-state index in [9.17, 15) is 0 Å².